The number of anilines is 2. The lowest BCUT2D eigenvalue weighted by molar-refractivity contribution is -0.122. The summed E-state index contributed by atoms with van der Waals surface area (Å²) >= 11 is 0. The summed E-state index contributed by atoms with van der Waals surface area (Å²) in [5, 5.41) is 8.01. The zero-order valence-electron chi connectivity index (χ0n) is 19.1. The molecule has 0 unspecified atom stereocenters. The lowest BCUT2D eigenvalue weighted by atomic mass is 10.2. The van der Waals surface area contributed by atoms with Gasteiger partial charge in [0.15, 0.2) is 0 Å². The number of nitrogens with one attached hydrogen (secondary N) is 4. The number of nitrogens with zero attached hydrogens (tertiary/aromatic N) is 1. The van der Waals surface area contributed by atoms with E-state index in [1.54, 1.807) is 36.4 Å². The average Bonchev–Trinajstić information content (AvgIpc) is 2.83. The van der Waals surface area contributed by atoms with E-state index < -0.39 is 22.0 Å². The largest absolute Gasteiger partial charge is 0.351 e. The van der Waals surface area contributed by atoms with Crippen LogP contribution < -0.4 is 20.7 Å². The number of sulfonamides is 1. The van der Waals surface area contributed by atoms with E-state index in [1.807, 2.05) is 0 Å². The third-order valence-corrected chi connectivity index (χ3v) is 6.36. The van der Waals surface area contributed by atoms with Gasteiger partial charge in [0.05, 0.1) is 10.9 Å². The van der Waals surface area contributed by atoms with Crippen LogP contribution in [0.15, 0.2) is 78.0 Å². The molecule has 10 nitrogen and oxygen atoms in total. The van der Waals surface area contributed by atoms with Crippen LogP contribution in [-0.2, 0) is 26.2 Å². The molecule has 0 saturated carbocycles. The molecule has 0 aliphatic rings. The quantitative estimate of drug-likeness (QED) is 0.358. The van der Waals surface area contributed by atoms with Crippen molar-refractivity contribution < 1.29 is 22.8 Å². The van der Waals surface area contributed by atoms with Crippen LogP contribution in [0.2, 0.25) is 0 Å². The lowest BCUT2D eigenvalue weighted by Gasteiger charge is -2.15. The van der Waals surface area contributed by atoms with Gasteiger partial charge in [0.2, 0.25) is 21.8 Å². The maximum atomic E-state index is 12.6. The molecule has 1 heterocycles. The van der Waals surface area contributed by atoms with Crippen LogP contribution in [0.3, 0.4) is 0 Å². The first-order chi connectivity index (χ1) is 16.6. The molecular weight excluding hydrogens is 470 g/mol. The molecule has 4 N–H and O–H groups in total. The minimum atomic E-state index is -3.95. The van der Waals surface area contributed by atoms with Crippen molar-refractivity contribution in [2.75, 3.05) is 10.6 Å². The van der Waals surface area contributed by atoms with Crippen molar-refractivity contribution in [1.82, 2.24) is 15.0 Å². The monoisotopic (exact) mass is 495 g/mol. The molecular formula is C24H25N5O5S. The molecule has 3 aromatic rings. The molecule has 0 fully saturated rings. The molecule has 1 atom stereocenters. The van der Waals surface area contributed by atoms with E-state index in [4.69, 9.17) is 0 Å². The third-order valence-electron chi connectivity index (χ3n) is 4.80. The molecule has 182 valence electrons. The Morgan fingerprint density at radius 1 is 0.914 bits per heavy atom. The fourth-order valence-corrected chi connectivity index (χ4v) is 4.29. The highest BCUT2D eigenvalue weighted by molar-refractivity contribution is 7.89. The summed E-state index contributed by atoms with van der Waals surface area (Å²) in [6.45, 7) is 2.92. The van der Waals surface area contributed by atoms with E-state index in [1.165, 1.54) is 50.5 Å². The predicted octanol–water partition coefficient (Wildman–Crippen LogP) is 2.28. The molecule has 2 aromatic carbocycles. The van der Waals surface area contributed by atoms with Crippen LogP contribution in [0.4, 0.5) is 11.4 Å². The zero-order valence-corrected chi connectivity index (χ0v) is 19.9. The summed E-state index contributed by atoms with van der Waals surface area (Å²) in [7, 11) is -3.95. The third kappa shape index (κ3) is 7.45. The molecule has 0 radical (unpaired) electrons. The number of benzene rings is 2. The number of hydrogen-bond acceptors (Lipinski definition) is 6. The number of rotatable bonds is 9. The first-order valence-electron chi connectivity index (χ1n) is 10.6. The number of hydrogen-bond donors (Lipinski definition) is 4. The van der Waals surface area contributed by atoms with Gasteiger partial charge in [0, 0.05) is 42.8 Å². The van der Waals surface area contributed by atoms with E-state index >= 15 is 0 Å². The standard InChI is InChI=1S/C24H25N5O5S/c1-16(29-35(33,34)22-8-6-20(7-9-22)27-17(2)30)23(31)26-15-18-4-3-5-21(14-18)28-24(32)19-10-12-25-13-11-19/h3-14,16,29H,15H2,1-2H3,(H,26,31)(H,27,30)(H,28,32)/t16-/m0/s1. The first-order valence-corrected chi connectivity index (χ1v) is 12.1. The Kier molecular flexibility index (Phi) is 8.29. The molecule has 3 rings (SSSR count). The highest BCUT2D eigenvalue weighted by Crippen LogP contribution is 2.15. The number of carbonyl (C=O) groups excluding carboxylic acids is 3. The van der Waals surface area contributed by atoms with E-state index in [0.717, 1.165) is 5.56 Å². The molecule has 0 aliphatic heterocycles. The van der Waals surface area contributed by atoms with Gasteiger partial charge in [0.1, 0.15) is 0 Å². The van der Waals surface area contributed by atoms with Crippen LogP contribution in [-0.4, -0.2) is 37.2 Å². The molecule has 0 spiro atoms. The number of pyridine rings is 1. The Bertz CT molecular complexity index is 1310. The summed E-state index contributed by atoms with van der Waals surface area (Å²) < 4.78 is 27.5. The summed E-state index contributed by atoms with van der Waals surface area (Å²) in [5.41, 5.74) is 2.19. The normalized spacial score (nSPS) is 11.8. The second-order valence-electron chi connectivity index (χ2n) is 7.66. The van der Waals surface area contributed by atoms with Crippen LogP contribution in [0.5, 0.6) is 0 Å². The van der Waals surface area contributed by atoms with Crippen molar-refractivity contribution in [2.24, 2.45) is 0 Å². The Balaban J connectivity index is 1.55. The Hall–Kier alpha value is -4.09. The maximum absolute atomic E-state index is 12.6. The van der Waals surface area contributed by atoms with Gasteiger partial charge in [-0.3, -0.25) is 19.4 Å². The topological polar surface area (TPSA) is 146 Å². The molecule has 0 saturated heterocycles. The smallest absolute Gasteiger partial charge is 0.255 e. The number of aromatic nitrogens is 1. The van der Waals surface area contributed by atoms with Gasteiger partial charge in [-0.15, -0.1) is 0 Å². The van der Waals surface area contributed by atoms with Gasteiger partial charge in [-0.25, -0.2) is 8.42 Å². The molecule has 0 aliphatic carbocycles. The highest BCUT2D eigenvalue weighted by Gasteiger charge is 2.22. The minimum absolute atomic E-state index is 0.0381. The van der Waals surface area contributed by atoms with E-state index in [0.29, 0.717) is 16.9 Å². The molecule has 3 amide bonds. The SMILES string of the molecule is CC(=O)Nc1ccc(S(=O)(=O)N[C@@H](C)C(=O)NCc2cccc(NC(=O)c3ccncc3)c2)cc1. The van der Waals surface area contributed by atoms with Gasteiger partial charge in [-0.05, 0) is 61.0 Å². The number of amides is 3. The fraction of sp³-hybridized carbons (Fsp3) is 0.167. The lowest BCUT2D eigenvalue weighted by Crippen LogP contribution is -2.44. The van der Waals surface area contributed by atoms with Gasteiger partial charge in [-0.1, -0.05) is 12.1 Å². The van der Waals surface area contributed by atoms with E-state index in [-0.39, 0.29) is 23.3 Å². The van der Waals surface area contributed by atoms with Gasteiger partial charge >= 0.3 is 0 Å². The van der Waals surface area contributed by atoms with Crippen molar-refractivity contribution in [3.63, 3.8) is 0 Å². The molecule has 1 aromatic heterocycles. The van der Waals surface area contributed by atoms with E-state index in [9.17, 15) is 22.8 Å². The van der Waals surface area contributed by atoms with Crippen LogP contribution >= 0.6 is 0 Å². The van der Waals surface area contributed by atoms with Gasteiger partial charge in [-0.2, -0.15) is 4.72 Å². The van der Waals surface area contributed by atoms with Crippen molar-refractivity contribution >= 4 is 39.1 Å². The predicted molar refractivity (Wildman–Crippen MR) is 131 cm³/mol. The summed E-state index contributed by atoms with van der Waals surface area (Å²) in [6.07, 6.45) is 3.05. The maximum Gasteiger partial charge on any atom is 0.255 e. The first kappa shape index (κ1) is 25.5. The zero-order chi connectivity index (χ0) is 25.4. The Morgan fingerprint density at radius 2 is 1.60 bits per heavy atom. The number of carbonyl (C=O) groups is 3. The van der Waals surface area contributed by atoms with Crippen molar-refractivity contribution in [3.8, 4) is 0 Å². The molecule has 0 bridgehead atoms. The second-order valence-corrected chi connectivity index (χ2v) is 9.37. The van der Waals surface area contributed by atoms with Crippen LogP contribution in [0.25, 0.3) is 0 Å². The summed E-state index contributed by atoms with van der Waals surface area (Å²) in [4.78, 5) is 39.7. The van der Waals surface area contributed by atoms with Crippen LogP contribution in [0, 0.1) is 0 Å². The Labute approximate surface area is 203 Å². The minimum Gasteiger partial charge on any atom is -0.351 e. The second kappa shape index (κ2) is 11.4. The fourth-order valence-electron chi connectivity index (χ4n) is 3.08. The van der Waals surface area contributed by atoms with Crippen molar-refractivity contribution in [3.05, 3.63) is 84.2 Å². The highest BCUT2D eigenvalue weighted by atomic mass is 32.2. The van der Waals surface area contributed by atoms with Crippen molar-refractivity contribution in [2.45, 2.75) is 31.3 Å². The summed E-state index contributed by atoms with van der Waals surface area (Å²) in [6, 6.07) is 14.7. The average molecular weight is 496 g/mol. The van der Waals surface area contributed by atoms with E-state index in [2.05, 4.69) is 25.7 Å². The van der Waals surface area contributed by atoms with Gasteiger partial charge in [0.25, 0.3) is 5.91 Å². The molecule has 11 heteroatoms. The van der Waals surface area contributed by atoms with Gasteiger partial charge < -0.3 is 16.0 Å². The van der Waals surface area contributed by atoms with Crippen molar-refractivity contribution in [1.29, 1.82) is 0 Å². The Morgan fingerprint density at radius 3 is 2.26 bits per heavy atom. The summed E-state index contributed by atoms with van der Waals surface area (Å²) in [5.74, 6) is -1.08. The molecule has 35 heavy (non-hydrogen) atoms. The van der Waals surface area contributed by atoms with Crippen LogP contribution in [0.1, 0.15) is 29.8 Å².